The van der Waals surface area contributed by atoms with Crippen LogP contribution in [0.2, 0.25) is 0 Å². The maximum atomic E-state index is 14.7. The summed E-state index contributed by atoms with van der Waals surface area (Å²) in [7, 11) is 3.91. The lowest BCUT2D eigenvalue weighted by molar-refractivity contribution is -0.118. The minimum absolute atomic E-state index is 0.0946. The van der Waals surface area contributed by atoms with Crippen molar-refractivity contribution in [2.45, 2.75) is 116 Å². The number of thiazole rings is 2. The molecule has 6 aromatic rings. The van der Waals surface area contributed by atoms with Crippen molar-refractivity contribution < 1.29 is 19.2 Å². The van der Waals surface area contributed by atoms with Crippen LogP contribution in [0.1, 0.15) is 84.2 Å². The van der Waals surface area contributed by atoms with Crippen LogP contribution in [0.5, 0.6) is 0 Å². The summed E-state index contributed by atoms with van der Waals surface area (Å²) in [5.41, 5.74) is 5.44. The Labute approximate surface area is 450 Å². The molecule has 19 nitrogen and oxygen atoms in total. The zero-order valence-corrected chi connectivity index (χ0v) is 44.9. The van der Waals surface area contributed by atoms with Crippen LogP contribution in [-0.2, 0) is 35.8 Å². The molecule has 6 amide bonds. The van der Waals surface area contributed by atoms with Gasteiger partial charge in [-0.3, -0.25) is 30.0 Å². The Morgan fingerprint density at radius 2 is 1.26 bits per heavy atom. The van der Waals surface area contributed by atoms with Crippen LogP contribution in [0, 0.1) is 13.8 Å². The van der Waals surface area contributed by atoms with Crippen molar-refractivity contribution in [1.82, 2.24) is 55.2 Å². The average Bonchev–Trinajstić information content (AvgIpc) is 4.01. The fraction of sp³-hybridized carbons (Fsp3) is 0.382. The molecular formula is C55H63N15O4S2. The molecule has 4 aliphatic rings. The Morgan fingerprint density at radius 3 is 1.82 bits per heavy atom. The van der Waals surface area contributed by atoms with Crippen LogP contribution in [0.4, 0.5) is 43.4 Å². The van der Waals surface area contributed by atoms with Gasteiger partial charge in [0.05, 0.1) is 23.7 Å². The first kappa shape index (κ1) is 51.8. The van der Waals surface area contributed by atoms with E-state index in [0.29, 0.717) is 79.4 Å². The number of anilines is 6. The van der Waals surface area contributed by atoms with Crippen LogP contribution in [-0.4, -0.2) is 113 Å². The van der Waals surface area contributed by atoms with Gasteiger partial charge in [0.1, 0.15) is 11.6 Å². The first-order valence-electron chi connectivity index (χ1n) is 25.8. The van der Waals surface area contributed by atoms with Crippen molar-refractivity contribution in [2.75, 3.05) is 41.1 Å². The molecule has 2 aliphatic heterocycles. The van der Waals surface area contributed by atoms with Gasteiger partial charge >= 0.3 is 12.1 Å². The van der Waals surface area contributed by atoms with Crippen LogP contribution in [0.25, 0.3) is 10.4 Å². The van der Waals surface area contributed by atoms with E-state index in [0.717, 1.165) is 81.8 Å². The largest absolute Gasteiger partial charge is 0.350 e. The first-order chi connectivity index (χ1) is 36.8. The predicted molar refractivity (Wildman–Crippen MR) is 297 cm³/mol. The van der Waals surface area contributed by atoms with Gasteiger partial charge in [-0.1, -0.05) is 78.6 Å². The third-order valence-corrected chi connectivity index (χ3v) is 16.1. The summed E-state index contributed by atoms with van der Waals surface area (Å²) in [6.45, 7) is 9.72. The van der Waals surface area contributed by atoms with Crippen molar-refractivity contribution in [3.8, 4) is 10.4 Å². The van der Waals surface area contributed by atoms with Crippen LogP contribution >= 0.6 is 22.7 Å². The first-order valence-corrected chi connectivity index (χ1v) is 27.5. The number of aryl methyl sites for hydroxylation is 2. The van der Waals surface area contributed by atoms with E-state index in [2.05, 4.69) is 49.9 Å². The summed E-state index contributed by atoms with van der Waals surface area (Å²) in [6.07, 6.45) is 16.1. The summed E-state index contributed by atoms with van der Waals surface area (Å²) >= 11 is 2.98. The maximum absolute atomic E-state index is 14.7. The van der Waals surface area contributed by atoms with E-state index in [4.69, 9.17) is 19.9 Å². The smallest absolute Gasteiger partial charge is 0.326 e. The number of rotatable bonds is 17. The lowest BCUT2D eigenvalue weighted by Gasteiger charge is -2.43. The Balaban J connectivity index is 0.851. The maximum Gasteiger partial charge on any atom is 0.326 e. The third-order valence-electron chi connectivity index (χ3n) is 14.1. The molecular weight excluding hydrogens is 999 g/mol. The monoisotopic (exact) mass is 1060 g/mol. The molecule has 2 aliphatic carbocycles. The Bertz CT molecular complexity index is 3130. The zero-order chi connectivity index (χ0) is 52.9. The Hall–Kier alpha value is -7.62. The minimum Gasteiger partial charge on any atom is -0.350 e. The molecule has 2 saturated carbocycles. The van der Waals surface area contributed by atoms with Gasteiger partial charge in [0.15, 0.2) is 10.3 Å². The second-order valence-corrected chi connectivity index (χ2v) is 22.4. The molecule has 0 radical (unpaired) electrons. The normalized spacial score (nSPS) is 19.6. The molecule has 4 atom stereocenters. The number of carbonyl (C=O) groups is 4. The van der Waals surface area contributed by atoms with Gasteiger partial charge in [-0.25, -0.2) is 29.5 Å². The number of nitrogens with one attached hydrogen (secondary N) is 4. The number of fused-ring (bicyclic) bond motifs is 2. The van der Waals surface area contributed by atoms with Gasteiger partial charge in [0.2, 0.25) is 23.7 Å². The van der Waals surface area contributed by atoms with Gasteiger partial charge < -0.3 is 25.3 Å². The molecule has 2 fully saturated rings. The number of hydrogen-bond donors (Lipinski definition) is 4. The number of nitrogens with zero attached hydrogens (tertiary/aromatic N) is 11. The lowest BCUT2D eigenvalue weighted by Crippen LogP contribution is -2.54. The molecule has 0 bridgehead atoms. The van der Waals surface area contributed by atoms with Crippen LogP contribution < -0.4 is 31.1 Å². The van der Waals surface area contributed by atoms with Crippen molar-refractivity contribution in [3.05, 3.63) is 131 Å². The molecule has 2 aromatic carbocycles. The van der Waals surface area contributed by atoms with E-state index < -0.39 is 0 Å². The summed E-state index contributed by atoms with van der Waals surface area (Å²) in [6, 6.07) is 17.3. The molecule has 6 heterocycles. The van der Waals surface area contributed by atoms with Gasteiger partial charge in [-0.2, -0.15) is 9.97 Å². The summed E-state index contributed by atoms with van der Waals surface area (Å²) < 4.78 is 0. The van der Waals surface area contributed by atoms with Gasteiger partial charge in [-0.15, -0.1) is 11.3 Å². The average molecular weight is 1060 g/mol. The van der Waals surface area contributed by atoms with E-state index in [1.165, 1.54) is 28.7 Å². The van der Waals surface area contributed by atoms with E-state index in [-0.39, 0.29) is 48.0 Å². The zero-order valence-electron chi connectivity index (χ0n) is 43.2. The highest BCUT2D eigenvalue weighted by Gasteiger charge is 2.41. The van der Waals surface area contributed by atoms with E-state index in [1.807, 2.05) is 96.1 Å². The number of aromatic nitrogens is 6. The minimum atomic E-state index is -0.228. The molecule has 21 heteroatoms. The highest BCUT2D eigenvalue weighted by Crippen LogP contribution is 2.39. The third kappa shape index (κ3) is 12.1. The van der Waals surface area contributed by atoms with Crippen molar-refractivity contribution in [1.29, 1.82) is 0 Å². The molecule has 4 unspecified atom stereocenters. The highest BCUT2D eigenvalue weighted by atomic mass is 32.1. The quantitative estimate of drug-likeness (QED) is 0.0630. The molecule has 0 spiro atoms. The summed E-state index contributed by atoms with van der Waals surface area (Å²) in [4.78, 5) is 94.5. The topological polar surface area (TPSA) is 210 Å². The number of hydrogen-bond acceptors (Lipinski definition) is 15. The SMILES string of the molecule is C=CC(=O)NC1CCCC(N2C(=O)N(Cc3ccc(-c4sc(Nc5ncc6c(n5)N(C5CCCC(NC(=O)/C=C/CN(C)C)C5)C(=O)N(Cc5ccccc5)C6)nc4C)cc3)Cc3cnc(Nc4ncc(C)s4)nc32)C1. The molecule has 4 N–H and O–H groups in total. The van der Waals surface area contributed by atoms with E-state index >= 15 is 0 Å². The van der Waals surface area contributed by atoms with Crippen molar-refractivity contribution in [2.24, 2.45) is 0 Å². The fourth-order valence-corrected chi connectivity index (χ4v) is 12.2. The van der Waals surface area contributed by atoms with Crippen LogP contribution in [0.3, 0.4) is 0 Å². The number of likely N-dealkylation sites (N-methyl/N-ethyl adjacent to an activating group) is 1. The number of carbonyl (C=O) groups excluding carboxylic acids is 4. The second-order valence-electron chi connectivity index (χ2n) is 20.2. The molecule has 76 heavy (non-hydrogen) atoms. The van der Waals surface area contributed by atoms with Gasteiger partial charge in [0.25, 0.3) is 0 Å². The van der Waals surface area contributed by atoms with Gasteiger partial charge in [-0.05, 0) is 102 Å². The Morgan fingerprint density at radius 1 is 0.697 bits per heavy atom. The van der Waals surface area contributed by atoms with Crippen molar-refractivity contribution in [3.63, 3.8) is 0 Å². The predicted octanol–water partition coefficient (Wildman–Crippen LogP) is 8.99. The number of urea groups is 2. The van der Waals surface area contributed by atoms with Crippen LogP contribution in [0.15, 0.2) is 98.0 Å². The summed E-state index contributed by atoms with van der Waals surface area (Å²) in [5.74, 6) is 1.45. The number of amides is 6. The molecule has 0 saturated heterocycles. The van der Waals surface area contributed by atoms with Gasteiger partial charge in [0, 0.05) is 84.5 Å². The number of benzene rings is 2. The fourth-order valence-electron chi connectivity index (χ4n) is 10.5. The molecule has 4 aromatic heterocycles. The second kappa shape index (κ2) is 23.1. The molecule has 394 valence electrons. The van der Waals surface area contributed by atoms with E-state index in [9.17, 15) is 19.2 Å². The van der Waals surface area contributed by atoms with Crippen molar-refractivity contribution >= 4 is 80.3 Å². The van der Waals surface area contributed by atoms with E-state index in [1.54, 1.807) is 29.6 Å². The molecule has 10 rings (SSSR count). The standard InChI is InChI=1S/C55H63N15O4S2/c1-6-45(71)60-41-15-10-17-43(25-41)69-48-39(28-56-50(62-48)64-52-58-27-34(2)75-52)33-68(55(69)74)31-37-20-22-38(23-21-37)47-35(3)59-53(76-47)65-51-57-29-40-32-67(30-36-13-8-7-9-14-36)54(73)70(49(40)63-51)44-18-11-16-42(26-44)61-46(72)19-12-24-66(4)5/h6-9,12-14,19-23,27-29,41-44H,1,10-11,15-18,24-26,30-33H2,2-5H3,(H,60,71)(H,61,72)(H,56,58,62,64)(H,57,59,63,65)/b19-12+. The lowest BCUT2D eigenvalue weighted by atomic mass is 9.89. The highest BCUT2D eigenvalue weighted by molar-refractivity contribution is 7.19. The summed E-state index contributed by atoms with van der Waals surface area (Å²) in [5, 5.41) is 14.1. The Kier molecular flexibility index (Phi) is 15.8.